The van der Waals surface area contributed by atoms with Gasteiger partial charge in [0, 0.05) is 0 Å². The number of benzene rings is 1. The van der Waals surface area contributed by atoms with E-state index in [0.29, 0.717) is 0 Å². The first-order chi connectivity index (χ1) is 7.32. The summed E-state index contributed by atoms with van der Waals surface area (Å²) in [5, 5.41) is 15.9. The molecule has 0 bridgehead atoms. The molecule has 1 aromatic carbocycles. The van der Waals surface area contributed by atoms with Gasteiger partial charge in [0.1, 0.15) is 11.5 Å². The Kier molecular flexibility index (Phi) is 3.31. The first kappa shape index (κ1) is 12.2. The molecule has 0 aliphatic carbocycles. The van der Waals surface area contributed by atoms with Gasteiger partial charge in [0.05, 0.1) is 12.0 Å². The molecule has 3 nitrogen and oxygen atoms in total. The number of carbonyl (C=O) groups is 1. The highest BCUT2D eigenvalue weighted by Gasteiger charge is 2.35. The highest BCUT2D eigenvalue weighted by molar-refractivity contribution is 6.11. The number of nitrogens with one attached hydrogen (secondary N) is 1. The molecule has 0 spiro atoms. The zero-order chi connectivity index (χ0) is 12.3. The van der Waals surface area contributed by atoms with E-state index in [1.807, 2.05) is 0 Å². The van der Waals surface area contributed by atoms with Crippen molar-refractivity contribution in [2.75, 3.05) is 0 Å². The number of hydrogen-bond acceptors (Lipinski definition) is 3. The van der Waals surface area contributed by atoms with Gasteiger partial charge in [-0.2, -0.15) is 13.2 Å². The smallest absolute Gasteiger partial charge is 0.429 e. The van der Waals surface area contributed by atoms with Gasteiger partial charge in [0.25, 0.3) is 0 Å². The van der Waals surface area contributed by atoms with Crippen LogP contribution in [0.1, 0.15) is 16.8 Å². The number of carbonyl (C=O) groups excluding carboxylic acids is 1. The van der Waals surface area contributed by atoms with Gasteiger partial charge in [-0.15, -0.1) is 0 Å². The summed E-state index contributed by atoms with van der Waals surface area (Å²) in [6.07, 6.45) is -5.87. The van der Waals surface area contributed by atoms with Crippen LogP contribution >= 0.6 is 0 Å². The Morgan fingerprint density at radius 1 is 1.31 bits per heavy atom. The number of aromatic hydroxyl groups is 1. The largest absolute Gasteiger partial charge is 0.507 e. The number of phenols is 1. The van der Waals surface area contributed by atoms with Crippen LogP contribution in [0.25, 0.3) is 0 Å². The van der Waals surface area contributed by atoms with Crippen molar-refractivity contribution in [1.29, 1.82) is 5.41 Å². The Morgan fingerprint density at radius 2 is 1.88 bits per heavy atom. The Morgan fingerprint density at radius 3 is 2.38 bits per heavy atom. The predicted octanol–water partition coefficient (Wildman–Crippen LogP) is 2.55. The molecule has 0 aliphatic rings. The van der Waals surface area contributed by atoms with E-state index >= 15 is 0 Å². The number of alkyl halides is 3. The topological polar surface area (TPSA) is 61.2 Å². The lowest BCUT2D eigenvalue weighted by molar-refractivity contribution is -0.0609. The van der Waals surface area contributed by atoms with Crippen molar-refractivity contribution in [1.82, 2.24) is 0 Å². The Labute approximate surface area is 89.0 Å². The molecule has 0 aliphatic heterocycles. The molecule has 0 radical (unpaired) electrons. The van der Waals surface area contributed by atoms with Crippen molar-refractivity contribution in [2.24, 2.45) is 0 Å². The molecule has 0 saturated carbocycles. The molecule has 0 unspecified atom stereocenters. The average Bonchev–Trinajstić information content (AvgIpc) is 2.16. The van der Waals surface area contributed by atoms with Crippen LogP contribution in [0.3, 0.4) is 0 Å². The lowest BCUT2D eigenvalue weighted by Gasteiger charge is -2.07. The molecule has 6 heteroatoms. The second kappa shape index (κ2) is 4.34. The molecular weight excluding hydrogens is 223 g/mol. The molecular formula is C10H8F3NO2. The van der Waals surface area contributed by atoms with E-state index < -0.39 is 24.1 Å². The van der Waals surface area contributed by atoms with Crippen molar-refractivity contribution in [2.45, 2.75) is 12.6 Å². The maximum absolute atomic E-state index is 12.0. The molecule has 0 amide bonds. The second-order valence-electron chi connectivity index (χ2n) is 3.09. The number of halogens is 3. The third kappa shape index (κ3) is 2.82. The van der Waals surface area contributed by atoms with Gasteiger partial charge in [-0.05, 0) is 12.1 Å². The molecule has 86 valence electrons. The van der Waals surface area contributed by atoms with Crippen LogP contribution in [-0.4, -0.2) is 22.8 Å². The molecule has 1 aromatic rings. The highest BCUT2D eigenvalue weighted by atomic mass is 19.4. The van der Waals surface area contributed by atoms with Crippen molar-refractivity contribution in [3.8, 4) is 5.75 Å². The number of Topliss-reactive ketones (excluding diaryl/α,β-unsaturated/α-hetero) is 1. The van der Waals surface area contributed by atoms with Crippen LogP contribution < -0.4 is 0 Å². The molecule has 0 fully saturated rings. The SMILES string of the molecule is N=C(CC(=O)c1ccccc1O)C(F)(F)F. The fourth-order valence-electron chi connectivity index (χ4n) is 1.07. The van der Waals surface area contributed by atoms with Crippen LogP contribution in [-0.2, 0) is 0 Å². The van der Waals surface area contributed by atoms with E-state index in [2.05, 4.69) is 0 Å². The minimum absolute atomic E-state index is 0.212. The fourth-order valence-corrected chi connectivity index (χ4v) is 1.07. The first-order valence-electron chi connectivity index (χ1n) is 4.28. The van der Waals surface area contributed by atoms with E-state index in [-0.39, 0.29) is 11.3 Å². The van der Waals surface area contributed by atoms with Gasteiger partial charge in [-0.1, -0.05) is 12.1 Å². The predicted molar refractivity (Wildman–Crippen MR) is 50.8 cm³/mol. The van der Waals surface area contributed by atoms with Crippen LogP contribution in [0.5, 0.6) is 5.75 Å². The number of hydrogen-bond donors (Lipinski definition) is 2. The van der Waals surface area contributed by atoms with E-state index in [0.717, 1.165) is 0 Å². The van der Waals surface area contributed by atoms with Gasteiger partial charge in [-0.25, -0.2) is 0 Å². The summed E-state index contributed by atoms with van der Waals surface area (Å²) in [7, 11) is 0. The van der Waals surface area contributed by atoms with Crippen LogP contribution in [0.15, 0.2) is 24.3 Å². The number of para-hydroxylation sites is 1. The van der Waals surface area contributed by atoms with Crippen molar-refractivity contribution < 1.29 is 23.1 Å². The minimum atomic E-state index is -4.81. The molecule has 1 rings (SSSR count). The summed E-state index contributed by atoms with van der Waals surface area (Å²) >= 11 is 0. The zero-order valence-corrected chi connectivity index (χ0v) is 8.01. The van der Waals surface area contributed by atoms with E-state index in [1.54, 1.807) is 0 Å². The average molecular weight is 231 g/mol. The lowest BCUT2D eigenvalue weighted by Crippen LogP contribution is -2.24. The van der Waals surface area contributed by atoms with Crippen LogP contribution in [0, 0.1) is 5.41 Å². The monoisotopic (exact) mass is 231 g/mol. The number of rotatable bonds is 3. The molecule has 0 atom stereocenters. The first-order valence-corrected chi connectivity index (χ1v) is 4.28. The molecule has 16 heavy (non-hydrogen) atoms. The van der Waals surface area contributed by atoms with Gasteiger partial charge < -0.3 is 10.5 Å². The highest BCUT2D eigenvalue weighted by Crippen LogP contribution is 2.22. The summed E-state index contributed by atoms with van der Waals surface area (Å²) in [6, 6.07) is 5.27. The van der Waals surface area contributed by atoms with Crippen molar-refractivity contribution >= 4 is 11.5 Å². The van der Waals surface area contributed by atoms with E-state index in [9.17, 15) is 23.1 Å². The molecule has 0 heterocycles. The third-order valence-electron chi connectivity index (χ3n) is 1.88. The maximum Gasteiger partial charge on any atom is 0.429 e. The van der Waals surface area contributed by atoms with Gasteiger partial charge in [-0.3, -0.25) is 4.79 Å². The van der Waals surface area contributed by atoms with E-state index in [1.165, 1.54) is 24.3 Å². The van der Waals surface area contributed by atoms with Crippen molar-refractivity contribution in [3.63, 3.8) is 0 Å². The van der Waals surface area contributed by atoms with Gasteiger partial charge in [0.2, 0.25) is 0 Å². The minimum Gasteiger partial charge on any atom is -0.507 e. The number of ketones is 1. The number of phenolic OH excluding ortho intramolecular Hbond substituents is 1. The quantitative estimate of drug-likeness (QED) is 0.620. The molecule has 2 N–H and O–H groups in total. The fraction of sp³-hybridized carbons (Fsp3) is 0.200. The Balaban J connectivity index is 2.82. The van der Waals surface area contributed by atoms with Gasteiger partial charge >= 0.3 is 6.18 Å². The summed E-state index contributed by atoms with van der Waals surface area (Å²) in [4.78, 5) is 11.3. The maximum atomic E-state index is 12.0. The summed E-state index contributed by atoms with van der Waals surface area (Å²) in [6.45, 7) is 0. The third-order valence-corrected chi connectivity index (χ3v) is 1.88. The standard InChI is InChI=1S/C10H8F3NO2/c11-10(12,13)9(14)5-8(16)6-3-1-2-4-7(6)15/h1-4,14-15H,5H2. The van der Waals surface area contributed by atoms with Gasteiger partial charge in [0.15, 0.2) is 5.78 Å². The second-order valence-corrected chi connectivity index (χ2v) is 3.09. The lowest BCUT2D eigenvalue weighted by atomic mass is 10.0. The van der Waals surface area contributed by atoms with Crippen LogP contribution in [0.4, 0.5) is 13.2 Å². The zero-order valence-electron chi connectivity index (χ0n) is 8.01. The van der Waals surface area contributed by atoms with E-state index in [4.69, 9.17) is 5.41 Å². The summed E-state index contributed by atoms with van der Waals surface area (Å²) in [5.74, 6) is -1.32. The summed E-state index contributed by atoms with van der Waals surface area (Å²) < 4.78 is 36.0. The van der Waals surface area contributed by atoms with Crippen molar-refractivity contribution in [3.05, 3.63) is 29.8 Å². The summed E-state index contributed by atoms with van der Waals surface area (Å²) in [5.41, 5.74) is -1.84. The Hall–Kier alpha value is -1.85. The normalized spacial score (nSPS) is 11.2. The molecule has 0 aromatic heterocycles. The van der Waals surface area contributed by atoms with Crippen LogP contribution in [0.2, 0.25) is 0 Å². The Bertz CT molecular complexity index is 426. The molecule has 0 saturated heterocycles.